The summed E-state index contributed by atoms with van der Waals surface area (Å²) in [5, 5.41) is 0. The Morgan fingerprint density at radius 2 is 1.03 bits per heavy atom. The van der Waals surface area contributed by atoms with E-state index < -0.39 is 8.80 Å². The smallest absolute Gasteiger partial charge is 0.370 e. The molecule has 1 atom stereocenters. The highest BCUT2D eigenvalue weighted by Crippen LogP contribution is 2.30. The number of unbranched alkanes of at least 4 members (excludes halogenated alkanes) is 3. The van der Waals surface area contributed by atoms with E-state index >= 15 is 0 Å². The normalized spacial score (nSPS) is 13.2. The highest BCUT2D eigenvalue weighted by atomic mass is 28.4. The third kappa shape index (κ3) is 9.31. The molecule has 0 amide bonds. The van der Waals surface area contributed by atoms with Crippen molar-refractivity contribution in [3.8, 4) is 0 Å². The van der Waals surface area contributed by atoms with Crippen LogP contribution in [-0.4, -0.2) is 58.4 Å². The molecule has 4 nitrogen and oxygen atoms in total. The van der Waals surface area contributed by atoms with E-state index in [1.165, 1.54) is 0 Å². The molecule has 0 N–H and O–H groups in total. The van der Waals surface area contributed by atoms with Crippen LogP contribution >= 0.6 is 0 Å². The van der Waals surface area contributed by atoms with E-state index in [2.05, 4.69) is 47.4 Å². The summed E-state index contributed by atoms with van der Waals surface area (Å²) in [5.41, 5.74) is 0.127. The van der Waals surface area contributed by atoms with Crippen LogP contribution in [0.5, 0.6) is 0 Å². The Balaban J connectivity index is 6.19. The van der Waals surface area contributed by atoms with Gasteiger partial charge in [-0.3, -0.25) is 0 Å². The lowest BCUT2D eigenvalue weighted by atomic mass is 10.2. The van der Waals surface area contributed by atoms with Gasteiger partial charge in [0.2, 0.25) is 0 Å². The van der Waals surface area contributed by atoms with Crippen LogP contribution in [0.15, 0.2) is 38.0 Å². The lowest BCUT2D eigenvalue weighted by Gasteiger charge is -2.48. The van der Waals surface area contributed by atoms with Crippen molar-refractivity contribution in [1.82, 2.24) is 0 Å². The zero-order chi connectivity index (χ0) is 22.0. The Morgan fingerprint density at radius 1 is 0.690 bits per heavy atom. The fourth-order valence-electron chi connectivity index (χ4n) is 3.84. The van der Waals surface area contributed by atoms with Gasteiger partial charge in [0.15, 0.2) is 5.67 Å². The van der Waals surface area contributed by atoms with Crippen molar-refractivity contribution in [3.63, 3.8) is 0 Å². The topological polar surface area (TPSA) is 27.7 Å². The second kappa shape index (κ2) is 17.0. The van der Waals surface area contributed by atoms with Crippen molar-refractivity contribution < 1.29 is 17.8 Å². The van der Waals surface area contributed by atoms with Gasteiger partial charge in [-0.1, -0.05) is 66.7 Å². The van der Waals surface area contributed by atoms with E-state index in [-0.39, 0.29) is 5.67 Å². The predicted molar refractivity (Wildman–Crippen MR) is 128 cm³/mol. The second-order valence-electron chi connectivity index (χ2n) is 7.77. The van der Waals surface area contributed by atoms with Crippen molar-refractivity contribution >= 4 is 8.80 Å². The summed E-state index contributed by atoms with van der Waals surface area (Å²) in [6.45, 7) is 25.4. The summed E-state index contributed by atoms with van der Waals surface area (Å²) in [6.07, 6.45) is 13.3. The van der Waals surface area contributed by atoms with Gasteiger partial charge in [-0.2, -0.15) is 0 Å². The summed E-state index contributed by atoms with van der Waals surface area (Å²) < 4.78 is 20.7. The molecule has 0 heterocycles. The average Bonchev–Trinajstić information content (AvgIpc) is 2.69. The Morgan fingerprint density at radius 3 is 1.28 bits per heavy atom. The number of quaternary nitrogens is 1. The molecule has 0 aromatic carbocycles. The number of hydrogen-bond donors (Lipinski definition) is 0. The van der Waals surface area contributed by atoms with Crippen LogP contribution in [0, 0.1) is 0 Å². The van der Waals surface area contributed by atoms with Gasteiger partial charge in [0, 0.05) is 26.2 Å². The van der Waals surface area contributed by atoms with Gasteiger partial charge in [-0.05, 0) is 37.5 Å². The van der Waals surface area contributed by atoms with Crippen molar-refractivity contribution in [2.75, 3.05) is 39.5 Å². The SMILES string of the molecule is C=CC[N+](CC=C)(CC=C)C(CC)[Si](OCCCC)(OCCCC)OCCCC. The molecule has 0 aromatic heterocycles. The minimum absolute atomic E-state index is 0.127. The quantitative estimate of drug-likeness (QED) is 0.0965. The fraction of sp³-hybridized carbons (Fsp3) is 0.750. The monoisotopic (exact) mass is 426 g/mol. The van der Waals surface area contributed by atoms with E-state index in [0.29, 0.717) is 19.8 Å². The third-order valence-corrected chi connectivity index (χ3v) is 8.93. The van der Waals surface area contributed by atoms with Crippen LogP contribution in [0.25, 0.3) is 0 Å². The first-order chi connectivity index (χ1) is 14.1. The molecule has 5 heteroatoms. The molecule has 1 unspecified atom stereocenters. The molecule has 0 aliphatic carbocycles. The molecule has 0 fully saturated rings. The summed E-state index contributed by atoms with van der Waals surface area (Å²) in [4.78, 5) is 0. The molecule has 0 aliphatic heterocycles. The van der Waals surface area contributed by atoms with Crippen LogP contribution in [0.2, 0.25) is 0 Å². The van der Waals surface area contributed by atoms with Gasteiger partial charge in [0.1, 0.15) is 0 Å². The molecule has 0 aromatic rings. The molecular formula is C24H48NO3Si+. The fourth-order valence-corrected chi connectivity index (χ4v) is 7.44. The zero-order valence-corrected chi connectivity index (χ0v) is 20.8. The number of nitrogens with zero attached hydrogens (tertiary/aromatic N) is 1. The van der Waals surface area contributed by atoms with Crippen molar-refractivity contribution in [2.45, 2.75) is 78.3 Å². The van der Waals surface area contributed by atoms with E-state index in [0.717, 1.165) is 69.1 Å². The molecule has 29 heavy (non-hydrogen) atoms. The van der Waals surface area contributed by atoms with Gasteiger partial charge in [-0.15, -0.1) is 0 Å². The minimum Gasteiger partial charge on any atom is -0.370 e. The van der Waals surface area contributed by atoms with Crippen molar-refractivity contribution in [3.05, 3.63) is 38.0 Å². The number of rotatable bonds is 21. The first-order valence-electron chi connectivity index (χ1n) is 11.7. The molecule has 0 radical (unpaired) electrons. The van der Waals surface area contributed by atoms with E-state index in [4.69, 9.17) is 13.3 Å². The lowest BCUT2D eigenvalue weighted by Crippen LogP contribution is -2.71. The predicted octanol–water partition coefficient (Wildman–Crippen LogP) is 6.07. The maximum absolute atomic E-state index is 6.64. The van der Waals surface area contributed by atoms with Crippen LogP contribution < -0.4 is 0 Å². The molecule has 0 saturated carbocycles. The van der Waals surface area contributed by atoms with Gasteiger partial charge >= 0.3 is 8.80 Å². The highest BCUT2D eigenvalue weighted by Gasteiger charge is 2.58. The van der Waals surface area contributed by atoms with Crippen LogP contribution in [-0.2, 0) is 13.3 Å². The van der Waals surface area contributed by atoms with Gasteiger partial charge < -0.3 is 17.8 Å². The first kappa shape index (κ1) is 28.3. The largest absolute Gasteiger partial charge is 0.562 e. The summed E-state index contributed by atoms with van der Waals surface area (Å²) in [7, 11) is -2.95. The lowest BCUT2D eigenvalue weighted by molar-refractivity contribution is -0.927. The Bertz CT molecular complexity index is 389. The van der Waals surface area contributed by atoms with E-state index in [9.17, 15) is 0 Å². The standard InChI is InChI=1S/C24H48NO3Si/c1-8-15-21-26-29(27-22-16-9-2,28-23-17-10-3)24(14-7)25(18-11-4,19-12-5)20-13-6/h11-13,24H,4-6,8-10,14-23H2,1-3,7H3/q+1. The number of hydrogen-bond acceptors (Lipinski definition) is 3. The first-order valence-corrected chi connectivity index (χ1v) is 13.5. The molecule has 170 valence electrons. The zero-order valence-electron chi connectivity index (χ0n) is 19.8. The minimum atomic E-state index is -2.95. The van der Waals surface area contributed by atoms with Crippen molar-refractivity contribution in [1.29, 1.82) is 0 Å². The van der Waals surface area contributed by atoms with Crippen LogP contribution in [0.3, 0.4) is 0 Å². The summed E-state index contributed by atoms with van der Waals surface area (Å²) >= 11 is 0. The van der Waals surface area contributed by atoms with Gasteiger partial charge in [0.25, 0.3) is 0 Å². The molecule has 0 rings (SSSR count). The Hall–Kier alpha value is -0.723. The summed E-state index contributed by atoms with van der Waals surface area (Å²) in [5.74, 6) is 0. The van der Waals surface area contributed by atoms with Gasteiger partial charge in [0.05, 0.1) is 19.6 Å². The Kier molecular flexibility index (Phi) is 16.6. The molecule has 0 saturated heterocycles. The maximum atomic E-state index is 6.64. The van der Waals surface area contributed by atoms with Crippen LogP contribution in [0.4, 0.5) is 0 Å². The van der Waals surface area contributed by atoms with Crippen molar-refractivity contribution in [2.24, 2.45) is 0 Å². The average molecular weight is 427 g/mol. The van der Waals surface area contributed by atoms with Gasteiger partial charge in [-0.25, -0.2) is 0 Å². The van der Waals surface area contributed by atoms with E-state index in [1.54, 1.807) is 0 Å². The molecule has 0 spiro atoms. The molecular weight excluding hydrogens is 378 g/mol. The molecule has 0 aliphatic rings. The third-order valence-electron chi connectivity index (χ3n) is 5.34. The highest BCUT2D eigenvalue weighted by molar-refractivity contribution is 6.62. The Labute approximate surface area is 182 Å². The summed E-state index contributed by atoms with van der Waals surface area (Å²) in [6, 6.07) is 0. The van der Waals surface area contributed by atoms with E-state index in [1.807, 2.05) is 18.2 Å². The molecule has 0 bridgehead atoms. The maximum Gasteiger partial charge on any atom is 0.562 e. The van der Waals surface area contributed by atoms with Crippen LogP contribution in [0.1, 0.15) is 72.6 Å². The second-order valence-corrected chi connectivity index (χ2v) is 10.5.